The van der Waals surface area contributed by atoms with Crippen LogP contribution in [0.15, 0.2) is 35.9 Å². The van der Waals surface area contributed by atoms with Crippen molar-refractivity contribution in [3.63, 3.8) is 0 Å². The smallest absolute Gasteiger partial charge is 0.0981 e. The number of hydrogen-bond donors (Lipinski definition) is 2. The second-order valence-electron chi connectivity index (χ2n) is 6.95. The molecule has 4 bridgehead atoms. The van der Waals surface area contributed by atoms with E-state index in [9.17, 15) is 0 Å². The van der Waals surface area contributed by atoms with Crippen molar-refractivity contribution < 1.29 is 4.74 Å². The number of allylic oxidation sites excluding steroid dienone is 1. The number of aromatic nitrogens is 1. The van der Waals surface area contributed by atoms with Gasteiger partial charge in [0.25, 0.3) is 0 Å². The molecule has 1 aromatic heterocycles. The first-order valence-corrected chi connectivity index (χ1v) is 8.44. The largest absolute Gasteiger partial charge is 0.372 e. The Kier molecular flexibility index (Phi) is 2.76. The number of piperidine rings is 1. The molecule has 3 heteroatoms. The van der Waals surface area contributed by atoms with Gasteiger partial charge in [0.05, 0.1) is 12.7 Å². The molecular formula is C19H22N2O. The second-order valence-corrected chi connectivity index (χ2v) is 6.95. The van der Waals surface area contributed by atoms with Crippen LogP contribution in [-0.2, 0) is 11.2 Å². The SMILES string of the molecule is C/C=C1\CNC2Cc3c([nH]c4ccccc34)[C@@H]3CC1[C@@H]2CO3. The molecule has 1 aromatic carbocycles. The molecule has 1 aliphatic carbocycles. The summed E-state index contributed by atoms with van der Waals surface area (Å²) in [7, 11) is 0. The molecule has 0 saturated carbocycles. The Morgan fingerprint density at radius 2 is 2.18 bits per heavy atom. The van der Waals surface area contributed by atoms with Crippen LogP contribution in [0.2, 0.25) is 0 Å². The Bertz CT molecular complexity index is 760. The first-order chi connectivity index (χ1) is 10.8. The fraction of sp³-hybridized carbons (Fsp3) is 0.474. The van der Waals surface area contributed by atoms with E-state index in [1.165, 1.54) is 22.2 Å². The summed E-state index contributed by atoms with van der Waals surface area (Å²) in [5.74, 6) is 1.31. The van der Waals surface area contributed by atoms with Crippen molar-refractivity contribution in [3.05, 3.63) is 47.2 Å². The summed E-state index contributed by atoms with van der Waals surface area (Å²) in [6.07, 6.45) is 4.80. The first kappa shape index (κ1) is 12.9. The highest BCUT2D eigenvalue weighted by Crippen LogP contribution is 2.46. The summed E-state index contributed by atoms with van der Waals surface area (Å²) < 4.78 is 6.27. The molecule has 3 nitrogen and oxygen atoms in total. The lowest BCUT2D eigenvalue weighted by atomic mass is 9.69. The summed E-state index contributed by atoms with van der Waals surface area (Å²) in [4.78, 5) is 3.66. The van der Waals surface area contributed by atoms with Crippen LogP contribution in [-0.4, -0.2) is 24.2 Å². The van der Waals surface area contributed by atoms with Crippen LogP contribution in [0.25, 0.3) is 10.9 Å². The number of para-hydroxylation sites is 1. The van der Waals surface area contributed by atoms with Crippen molar-refractivity contribution in [2.75, 3.05) is 13.2 Å². The van der Waals surface area contributed by atoms with Crippen molar-refractivity contribution in [2.45, 2.75) is 31.9 Å². The maximum atomic E-state index is 6.27. The highest BCUT2D eigenvalue weighted by molar-refractivity contribution is 5.85. The van der Waals surface area contributed by atoms with E-state index in [0.29, 0.717) is 17.9 Å². The molecule has 0 spiro atoms. The average Bonchev–Trinajstić information content (AvgIpc) is 2.91. The maximum absolute atomic E-state index is 6.27. The van der Waals surface area contributed by atoms with Gasteiger partial charge in [0.1, 0.15) is 0 Å². The van der Waals surface area contributed by atoms with Crippen molar-refractivity contribution in [3.8, 4) is 0 Å². The molecule has 2 saturated heterocycles. The number of hydrogen-bond acceptors (Lipinski definition) is 2. The Hall–Kier alpha value is -1.58. The normalized spacial score (nSPS) is 35.4. The predicted octanol–water partition coefficient (Wildman–Crippen LogP) is 3.34. The zero-order chi connectivity index (χ0) is 14.7. The minimum absolute atomic E-state index is 0.234. The lowest BCUT2D eigenvalue weighted by Crippen LogP contribution is -2.53. The molecule has 4 heterocycles. The molecule has 0 radical (unpaired) electrons. The molecule has 2 N–H and O–H groups in total. The molecule has 114 valence electrons. The predicted molar refractivity (Wildman–Crippen MR) is 87.8 cm³/mol. The highest BCUT2D eigenvalue weighted by Gasteiger charge is 2.44. The van der Waals surface area contributed by atoms with Gasteiger partial charge in [-0.2, -0.15) is 0 Å². The summed E-state index contributed by atoms with van der Waals surface area (Å²) in [5, 5.41) is 5.16. The van der Waals surface area contributed by atoms with Crippen molar-refractivity contribution in [1.82, 2.24) is 10.3 Å². The molecular weight excluding hydrogens is 272 g/mol. The van der Waals surface area contributed by atoms with E-state index in [4.69, 9.17) is 4.74 Å². The van der Waals surface area contributed by atoms with E-state index in [-0.39, 0.29) is 6.10 Å². The standard InChI is InChI=1S/C19H22N2O/c1-2-11-9-20-17-7-14-12-5-3-4-6-16(12)21-19(14)18-8-13(11)15(17)10-22-18/h2-6,13,15,17-18,20-21H,7-10H2,1H3/b11-2+/t13?,15-,17?,18-/m0/s1. The van der Waals surface area contributed by atoms with Crippen LogP contribution < -0.4 is 5.32 Å². The summed E-state index contributed by atoms with van der Waals surface area (Å²) in [6, 6.07) is 9.22. The molecule has 4 atom stereocenters. The number of fused-ring (bicyclic) bond motifs is 2. The molecule has 0 amide bonds. The van der Waals surface area contributed by atoms with E-state index in [0.717, 1.165) is 26.0 Å². The van der Waals surface area contributed by atoms with E-state index in [1.807, 2.05) is 0 Å². The van der Waals surface area contributed by atoms with Gasteiger partial charge >= 0.3 is 0 Å². The van der Waals surface area contributed by atoms with Crippen LogP contribution in [0.4, 0.5) is 0 Å². The number of H-pyrrole nitrogens is 1. The Labute approximate surface area is 130 Å². The molecule has 2 unspecified atom stereocenters. The van der Waals surface area contributed by atoms with Crippen molar-refractivity contribution in [2.24, 2.45) is 11.8 Å². The van der Waals surface area contributed by atoms with Gasteiger partial charge in [-0.25, -0.2) is 0 Å². The zero-order valence-corrected chi connectivity index (χ0v) is 12.9. The maximum Gasteiger partial charge on any atom is 0.0981 e. The van der Waals surface area contributed by atoms with Gasteiger partial charge in [-0.3, -0.25) is 0 Å². The van der Waals surface area contributed by atoms with Gasteiger partial charge in [0, 0.05) is 35.1 Å². The summed E-state index contributed by atoms with van der Waals surface area (Å²) in [5.41, 5.74) is 5.63. The van der Waals surface area contributed by atoms with Crippen molar-refractivity contribution >= 4 is 10.9 Å². The molecule has 22 heavy (non-hydrogen) atoms. The molecule has 6 rings (SSSR count). The van der Waals surface area contributed by atoms with Gasteiger partial charge in [-0.15, -0.1) is 0 Å². The number of nitrogens with one attached hydrogen (secondary N) is 2. The van der Waals surface area contributed by atoms with Gasteiger partial charge < -0.3 is 15.0 Å². The van der Waals surface area contributed by atoms with Crippen LogP contribution >= 0.6 is 0 Å². The third-order valence-corrected chi connectivity index (χ3v) is 6.00. The van der Waals surface area contributed by atoms with Crippen LogP contribution in [0.5, 0.6) is 0 Å². The second kappa shape index (κ2) is 4.71. The topological polar surface area (TPSA) is 37.0 Å². The third kappa shape index (κ3) is 1.70. The fourth-order valence-electron chi connectivity index (χ4n) is 4.85. The van der Waals surface area contributed by atoms with Gasteiger partial charge in [0.2, 0.25) is 0 Å². The Morgan fingerprint density at radius 3 is 3.09 bits per heavy atom. The summed E-state index contributed by atoms with van der Waals surface area (Å²) >= 11 is 0. The van der Waals surface area contributed by atoms with Gasteiger partial charge in [-0.05, 0) is 37.3 Å². The van der Waals surface area contributed by atoms with E-state index >= 15 is 0 Å². The Balaban J connectivity index is 1.69. The number of aromatic amines is 1. The fourth-order valence-corrected chi connectivity index (χ4v) is 4.85. The quantitative estimate of drug-likeness (QED) is 0.731. The van der Waals surface area contributed by atoms with Crippen molar-refractivity contribution in [1.29, 1.82) is 0 Å². The monoisotopic (exact) mass is 294 g/mol. The lowest BCUT2D eigenvalue weighted by Gasteiger charge is -2.47. The lowest BCUT2D eigenvalue weighted by molar-refractivity contribution is -0.0633. The average molecular weight is 294 g/mol. The van der Waals surface area contributed by atoms with E-state index < -0.39 is 0 Å². The molecule has 2 fully saturated rings. The minimum atomic E-state index is 0.234. The first-order valence-electron chi connectivity index (χ1n) is 8.44. The zero-order valence-electron chi connectivity index (χ0n) is 12.9. The molecule has 4 aliphatic rings. The number of ether oxygens (including phenoxy) is 1. The number of rotatable bonds is 0. The third-order valence-electron chi connectivity index (χ3n) is 6.00. The van der Waals surface area contributed by atoms with Gasteiger partial charge in [0.15, 0.2) is 0 Å². The van der Waals surface area contributed by atoms with E-state index in [2.05, 4.69) is 47.6 Å². The molecule has 3 aliphatic heterocycles. The number of benzene rings is 1. The Morgan fingerprint density at radius 1 is 1.27 bits per heavy atom. The van der Waals surface area contributed by atoms with Crippen LogP contribution in [0, 0.1) is 11.8 Å². The minimum Gasteiger partial charge on any atom is -0.372 e. The van der Waals surface area contributed by atoms with Crippen LogP contribution in [0.3, 0.4) is 0 Å². The summed E-state index contributed by atoms with van der Waals surface area (Å²) in [6.45, 7) is 4.12. The molecule has 2 aromatic rings. The highest BCUT2D eigenvalue weighted by atomic mass is 16.5. The van der Waals surface area contributed by atoms with Gasteiger partial charge in [-0.1, -0.05) is 29.8 Å². The van der Waals surface area contributed by atoms with Crippen LogP contribution in [0.1, 0.15) is 30.7 Å². The van der Waals surface area contributed by atoms with E-state index in [1.54, 1.807) is 5.57 Å².